The zero-order valence-electron chi connectivity index (χ0n) is 16.1. The highest BCUT2D eigenvalue weighted by atomic mass is 15.3. The van der Waals surface area contributed by atoms with Crippen molar-refractivity contribution < 1.29 is 0 Å². The Labute approximate surface area is 149 Å². The first-order chi connectivity index (χ1) is 11.7. The van der Waals surface area contributed by atoms with Gasteiger partial charge in [0.05, 0.1) is 0 Å². The fraction of sp³-hybridized carbons (Fsp3) is 0.714. The Bertz CT molecular complexity index is 416. The molecule has 2 heterocycles. The third kappa shape index (κ3) is 6.45. The minimum Gasteiger partial charge on any atom is -0.369 e. The van der Waals surface area contributed by atoms with E-state index in [-0.39, 0.29) is 0 Å². The predicted octanol–water partition coefficient (Wildman–Crippen LogP) is 3.96. The van der Waals surface area contributed by atoms with E-state index in [1.165, 1.54) is 77.2 Å². The molecule has 0 spiro atoms. The van der Waals surface area contributed by atoms with E-state index in [0.717, 1.165) is 5.92 Å². The molecule has 24 heavy (non-hydrogen) atoms. The van der Waals surface area contributed by atoms with Crippen molar-refractivity contribution in [2.24, 2.45) is 5.92 Å². The zero-order valence-corrected chi connectivity index (χ0v) is 16.1. The van der Waals surface area contributed by atoms with E-state index in [2.05, 4.69) is 65.9 Å². The fourth-order valence-electron chi connectivity index (χ4n) is 3.44. The van der Waals surface area contributed by atoms with E-state index in [1.807, 2.05) is 0 Å². The Morgan fingerprint density at radius 3 is 1.96 bits per heavy atom. The first-order valence-corrected chi connectivity index (χ1v) is 9.93. The molecule has 0 N–H and O–H groups in total. The number of benzene rings is 1. The second-order valence-electron chi connectivity index (χ2n) is 7.37. The van der Waals surface area contributed by atoms with Gasteiger partial charge in [-0.25, -0.2) is 0 Å². The van der Waals surface area contributed by atoms with E-state index < -0.39 is 0 Å². The quantitative estimate of drug-likeness (QED) is 0.827. The number of likely N-dealkylation sites (tertiary alicyclic amines) is 1. The van der Waals surface area contributed by atoms with Crippen molar-refractivity contribution in [2.45, 2.75) is 39.5 Å². The number of rotatable bonds is 4. The summed E-state index contributed by atoms with van der Waals surface area (Å²) in [6, 6.07) is 10.8. The molecule has 0 aliphatic carbocycles. The molecule has 2 aliphatic heterocycles. The molecule has 2 fully saturated rings. The monoisotopic (exact) mass is 331 g/mol. The van der Waals surface area contributed by atoms with Gasteiger partial charge in [0.2, 0.25) is 0 Å². The number of piperidine rings is 1. The van der Waals surface area contributed by atoms with Gasteiger partial charge in [-0.2, -0.15) is 0 Å². The van der Waals surface area contributed by atoms with Crippen LogP contribution in [0.4, 0.5) is 5.69 Å². The van der Waals surface area contributed by atoms with Crippen molar-refractivity contribution in [3.8, 4) is 0 Å². The summed E-state index contributed by atoms with van der Waals surface area (Å²) in [7, 11) is 2.24. The molecule has 1 aromatic rings. The molecule has 3 heteroatoms. The normalized spacial score (nSPS) is 20.5. The van der Waals surface area contributed by atoms with E-state index in [9.17, 15) is 0 Å². The molecule has 3 nitrogen and oxygen atoms in total. The van der Waals surface area contributed by atoms with Crippen molar-refractivity contribution in [2.75, 3.05) is 57.8 Å². The maximum atomic E-state index is 2.68. The van der Waals surface area contributed by atoms with E-state index >= 15 is 0 Å². The highest BCUT2D eigenvalue weighted by Crippen LogP contribution is 2.20. The molecule has 0 saturated carbocycles. The molecule has 0 unspecified atom stereocenters. The van der Waals surface area contributed by atoms with Gasteiger partial charge in [0.15, 0.2) is 0 Å². The van der Waals surface area contributed by atoms with Crippen molar-refractivity contribution in [1.29, 1.82) is 0 Å². The van der Waals surface area contributed by atoms with Crippen molar-refractivity contribution in [3.05, 3.63) is 30.3 Å². The van der Waals surface area contributed by atoms with Gasteiger partial charge in [0.1, 0.15) is 0 Å². The number of hydrogen-bond donors (Lipinski definition) is 0. The lowest BCUT2D eigenvalue weighted by atomic mass is 9.96. The number of hydrogen-bond acceptors (Lipinski definition) is 3. The number of nitrogens with zero attached hydrogens (tertiary/aromatic N) is 3. The average molecular weight is 332 g/mol. The number of anilines is 1. The van der Waals surface area contributed by atoms with Crippen LogP contribution in [0, 0.1) is 5.92 Å². The predicted molar refractivity (Wildman–Crippen MR) is 106 cm³/mol. The minimum atomic E-state index is 0.925. The van der Waals surface area contributed by atoms with Gasteiger partial charge >= 0.3 is 0 Å². The van der Waals surface area contributed by atoms with Crippen LogP contribution in [0.5, 0.6) is 0 Å². The van der Waals surface area contributed by atoms with Gasteiger partial charge in [-0.1, -0.05) is 44.9 Å². The molecule has 0 amide bonds. The van der Waals surface area contributed by atoms with Crippen LogP contribution in [0.3, 0.4) is 0 Å². The number of para-hydroxylation sites is 1. The van der Waals surface area contributed by atoms with E-state index in [4.69, 9.17) is 0 Å². The molecule has 0 aromatic heterocycles. The topological polar surface area (TPSA) is 9.72 Å². The van der Waals surface area contributed by atoms with Crippen LogP contribution in [0.1, 0.15) is 39.5 Å². The molecule has 0 atom stereocenters. The molecule has 1 aromatic carbocycles. The lowest BCUT2D eigenvalue weighted by Gasteiger charge is -2.39. The summed E-state index contributed by atoms with van der Waals surface area (Å²) in [5.74, 6) is 0.925. The smallest absolute Gasteiger partial charge is 0.0367 e. The van der Waals surface area contributed by atoms with Crippen molar-refractivity contribution in [3.63, 3.8) is 0 Å². The standard InChI is InChI=1S/C17H27N3.C4H10/c1-18-9-7-16(8-10-18)15-19-11-13-20(14-12-19)17-5-3-2-4-6-17;1-3-4-2/h2-6,16H,7-15H2,1H3;3-4H2,1-2H3. The van der Waals surface area contributed by atoms with Crippen molar-refractivity contribution >= 4 is 5.69 Å². The Hall–Kier alpha value is -1.06. The highest BCUT2D eigenvalue weighted by Gasteiger charge is 2.22. The lowest BCUT2D eigenvalue weighted by molar-refractivity contribution is 0.155. The maximum absolute atomic E-state index is 2.68. The van der Waals surface area contributed by atoms with Gasteiger partial charge < -0.3 is 9.80 Å². The zero-order chi connectivity index (χ0) is 17.2. The maximum Gasteiger partial charge on any atom is 0.0367 e. The number of piperazine rings is 1. The Morgan fingerprint density at radius 1 is 0.833 bits per heavy atom. The Kier molecular flexibility index (Phi) is 8.62. The SMILES string of the molecule is CCCC.CN1CCC(CN2CCN(c3ccccc3)CC2)CC1. The summed E-state index contributed by atoms with van der Waals surface area (Å²) in [5, 5.41) is 0. The summed E-state index contributed by atoms with van der Waals surface area (Å²) in [5.41, 5.74) is 1.38. The Balaban J connectivity index is 0.000000471. The average Bonchev–Trinajstić information content (AvgIpc) is 2.65. The highest BCUT2D eigenvalue weighted by molar-refractivity contribution is 5.46. The second kappa shape index (κ2) is 10.7. The number of unbranched alkanes of at least 4 members (excludes halogenated alkanes) is 1. The van der Waals surface area contributed by atoms with Crippen LogP contribution < -0.4 is 4.90 Å². The van der Waals surface area contributed by atoms with Crippen LogP contribution in [0.25, 0.3) is 0 Å². The van der Waals surface area contributed by atoms with Gasteiger partial charge in [0.25, 0.3) is 0 Å². The summed E-state index contributed by atoms with van der Waals surface area (Å²) in [6.07, 6.45) is 5.41. The van der Waals surface area contributed by atoms with Crippen LogP contribution in [0.15, 0.2) is 30.3 Å². The van der Waals surface area contributed by atoms with Gasteiger partial charge in [-0.15, -0.1) is 0 Å². The summed E-state index contributed by atoms with van der Waals surface area (Å²) in [4.78, 5) is 7.66. The van der Waals surface area contributed by atoms with Gasteiger partial charge in [-0.3, -0.25) is 4.90 Å². The first-order valence-electron chi connectivity index (χ1n) is 9.93. The molecule has 136 valence electrons. The molecule has 2 aliphatic rings. The van der Waals surface area contributed by atoms with E-state index in [1.54, 1.807) is 0 Å². The lowest BCUT2D eigenvalue weighted by Crippen LogP contribution is -2.48. The van der Waals surface area contributed by atoms with Crippen LogP contribution in [0.2, 0.25) is 0 Å². The van der Waals surface area contributed by atoms with Gasteiger partial charge in [0, 0.05) is 38.4 Å². The third-order valence-corrected chi connectivity index (χ3v) is 5.35. The van der Waals surface area contributed by atoms with E-state index in [0.29, 0.717) is 0 Å². The first kappa shape index (κ1) is 19.3. The van der Waals surface area contributed by atoms with Gasteiger partial charge in [-0.05, 0) is 51.0 Å². The molecular formula is C21H37N3. The molecule has 0 bridgehead atoms. The Morgan fingerprint density at radius 2 is 1.42 bits per heavy atom. The van der Waals surface area contributed by atoms with Crippen LogP contribution >= 0.6 is 0 Å². The van der Waals surface area contributed by atoms with Crippen LogP contribution in [-0.4, -0.2) is 62.7 Å². The fourth-order valence-corrected chi connectivity index (χ4v) is 3.44. The third-order valence-electron chi connectivity index (χ3n) is 5.35. The molecular weight excluding hydrogens is 294 g/mol. The minimum absolute atomic E-state index is 0.925. The van der Waals surface area contributed by atoms with Crippen LogP contribution in [-0.2, 0) is 0 Å². The van der Waals surface area contributed by atoms with Crippen molar-refractivity contribution in [1.82, 2.24) is 9.80 Å². The largest absolute Gasteiger partial charge is 0.369 e. The summed E-state index contributed by atoms with van der Waals surface area (Å²) in [6.45, 7) is 13.1. The molecule has 0 radical (unpaired) electrons. The molecule has 2 saturated heterocycles. The summed E-state index contributed by atoms with van der Waals surface area (Å²) >= 11 is 0. The molecule has 3 rings (SSSR count). The second-order valence-corrected chi connectivity index (χ2v) is 7.37. The summed E-state index contributed by atoms with van der Waals surface area (Å²) < 4.78 is 0.